The fraction of sp³-hybridized carbons (Fsp3) is 0.407. The molecular formula is C27H28N2O5. The Kier molecular flexibility index (Phi) is 5.50. The van der Waals surface area contributed by atoms with Crippen LogP contribution in [0.5, 0.6) is 5.75 Å². The largest absolute Gasteiger partial charge is 0.486 e. The van der Waals surface area contributed by atoms with E-state index in [4.69, 9.17) is 4.74 Å². The quantitative estimate of drug-likeness (QED) is 0.650. The summed E-state index contributed by atoms with van der Waals surface area (Å²) in [6, 6.07) is 13.1. The second kappa shape index (κ2) is 8.38. The molecule has 0 aromatic heterocycles. The highest BCUT2D eigenvalue weighted by molar-refractivity contribution is 6.22. The van der Waals surface area contributed by atoms with E-state index in [-0.39, 0.29) is 17.6 Å². The van der Waals surface area contributed by atoms with Crippen LogP contribution in [0, 0.1) is 5.92 Å². The molecule has 34 heavy (non-hydrogen) atoms. The fourth-order valence-corrected chi connectivity index (χ4v) is 5.32. The molecule has 3 aliphatic rings. The van der Waals surface area contributed by atoms with Gasteiger partial charge in [-0.2, -0.15) is 0 Å². The first-order valence-electron chi connectivity index (χ1n) is 11.9. The summed E-state index contributed by atoms with van der Waals surface area (Å²) in [7, 11) is 0. The summed E-state index contributed by atoms with van der Waals surface area (Å²) < 4.78 is 6.28. The minimum Gasteiger partial charge on any atom is -0.486 e. The van der Waals surface area contributed by atoms with Crippen LogP contribution in [0.15, 0.2) is 48.5 Å². The number of fused-ring (bicyclic) bond motifs is 2. The van der Waals surface area contributed by atoms with E-state index in [1.807, 2.05) is 32.0 Å². The second-order valence-electron chi connectivity index (χ2n) is 9.88. The molecule has 7 heteroatoms. The number of amides is 3. The Morgan fingerprint density at radius 2 is 1.47 bits per heavy atom. The number of carbonyl (C=O) groups is 4. The van der Waals surface area contributed by atoms with Crippen molar-refractivity contribution in [1.82, 2.24) is 9.80 Å². The molecule has 2 aromatic rings. The number of para-hydroxylation sites is 1. The third-order valence-electron chi connectivity index (χ3n) is 7.10. The number of piperidine rings is 1. The van der Waals surface area contributed by atoms with Crippen LogP contribution in [0.4, 0.5) is 0 Å². The topological polar surface area (TPSA) is 84.0 Å². The number of benzene rings is 2. The SMILES string of the molecule is CC(C)CC(C(=O)N1CCC2(CC1)CC(=O)c1ccccc1O2)N1C(=O)c2ccccc2C1=O. The number of ether oxygens (including phenoxy) is 1. The van der Waals surface area contributed by atoms with E-state index in [1.54, 1.807) is 35.2 Å². The van der Waals surface area contributed by atoms with Crippen molar-refractivity contribution in [3.63, 3.8) is 0 Å². The predicted octanol–water partition coefficient (Wildman–Crippen LogP) is 3.72. The molecule has 1 spiro atoms. The van der Waals surface area contributed by atoms with Gasteiger partial charge in [-0.3, -0.25) is 24.1 Å². The number of imide groups is 1. The van der Waals surface area contributed by atoms with Crippen molar-refractivity contribution >= 4 is 23.5 Å². The highest BCUT2D eigenvalue weighted by Gasteiger charge is 2.47. The van der Waals surface area contributed by atoms with Gasteiger partial charge >= 0.3 is 0 Å². The Labute approximate surface area is 198 Å². The number of hydrogen-bond acceptors (Lipinski definition) is 5. The summed E-state index contributed by atoms with van der Waals surface area (Å²) in [6.45, 7) is 4.77. The van der Waals surface area contributed by atoms with Crippen LogP contribution < -0.4 is 4.74 Å². The van der Waals surface area contributed by atoms with Gasteiger partial charge in [0, 0.05) is 25.9 Å². The standard InChI is InChI=1S/C27H28N2O5/c1-17(2)15-21(29-24(31)18-7-3-4-8-19(18)25(29)32)26(33)28-13-11-27(12-14-28)16-22(30)20-9-5-6-10-23(20)34-27/h3-10,17,21H,11-16H2,1-2H3. The first-order chi connectivity index (χ1) is 16.3. The smallest absolute Gasteiger partial charge is 0.262 e. The van der Waals surface area contributed by atoms with Gasteiger partial charge in [0.25, 0.3) is 11.8 Å². The summed E-state index contributed by atoms with van der Waals surface area (Å²) in [5.41, 5.74) is 0.679. The van der Waals surface area contributed by atoms with E-state index >= 15 is 0 Å². The number of likely N-dealkylation sites (tertiary alicyclic amines) is 1. The highest BCUT2D eigenvalue weighted by Crippen LogP contribution is 2.39. The van der Waals surface area contributed by atoms with Gasteiger partial charge in [-0.25, -0.2) is 0 Å². The van der Waals surface area contributed by atoms with Gasteiger partial charge in [-0.1, -0.05) is 38.1 Å². The average molecular weight is 461 g/mol. The highest BCUT2D eigenvalue weighted by atomic mass is 16.5. The zero-order valence-corrected chi connectivity index (χ0v) is 19.5. The third kappa shape index (κ3) is 3.69. The van der Waals surface area contributed by atoms with Crippen LogP contribution in [0.2, 0.25) is 0 Å². The number of nitrogens with zero attached hydrogens (tertiary/aromatic N) is 2. The van der Waals surface area contributed by atoms with Crippen molar-refractivity contribution in [3.05, 3.63) is 65.2 Å². The molecule has 1 unspecified atom stereocenters. The molecule has 3 amide bonds. The van der Waals surface area contributed by atoms with Gasteiger partial charge < -0.3 is 9.64 Å². The maximum atomic E-state index is 13.7. The molecule has 3 heterocycles. The zero-order valence-electron chi connectivity index (χ0n) is 19.5. The number of rotatable bonds is 4. The molecule has 1 saturated heterocycles. The van der Waals surface area contributed by atoms with E-state index < -0.39 is 23.5 Å². The van der Waals surface area contributed by atoms with Crippen LogP contribution >= 0.6 is 0 Å². The van der Waals surface area contributed by atoms with Crippen LogP contribution in [0.3, 0.4) is 0 Å². The van der Waals surface area contributed by atoms with Crippen LogP contribution in [-0.2, 0) is 4.79 Å². The molecule has 3 aliphatic heterocycles. The molecule has 1 atom stereocenters. The Hall–Kier alpha value is -3.48. The molecule has 0 bridgehead atoms. The molecule has 0 saturated carbocycles. The fourth-order valence-electron chi connectivity index (χ4n) is 5.32. The molecule has 0 radical (unpaired) electrons. The Bertz CT molecular complexity index is 1140. The number of carbonyl (C=O) groups excluding carboxylic acids is 4. The van der Waals surface area contributed by atoms with Gasteiger partial charge in [0.15, 0.2) is 5.78 Å². The molecule has 2 aromatic carbocycles. The monoisotopic (exact) mass is 460 g/mol. The zero-order chi connectivity index (χ0) is 24.0. The summed E-state index contributed by atoms with van der Waals surface area (Å²) in [4.78, 5) is 55.4. The van der Waals surface area contributed by atoms with E-state index in [0.29, 0.717) is 61.2 Å². The first-order valence-corrected chi connectivity index (χ1v) is 11.9. The van der Waals surface area contributed by atoms with Crippen molar-refractivity contribution in [2.24, 2.45) is 5.92 Å². The summed E-state index contributed by atoms with van der Waals surface area (Å²) in [5, 5.41) is 0. The number of ketones is 1. The molecule has 7 nitrogen and oxygen atoms in total. The van der Waals surface area contributed by atoms with E-state index in [2.05, 4.69) is 0 Å². The average Bonchev–Trinajstić information content (AvgIpc) is 3.07. The number of Topliss-reactive ketones (excluding diaryl/α,β-unsaturated/α-hetero) is 1. The Morgan fingerprint density at radius 1 is 0.912 bits per heavy atom. The minimum absolute atomic E-state index is 0.0605. The lowest BCUT2D eigenvalue weighted by Gasteiger charge is -2.45. The van der Waals surface area contributed by atoms with Gasteiger partial charge in [0.05, 0.1) is 23.1 Å². The van der Waals surface area contributed by atoms with E-state index in [9.17, 15) is 19.2 Å². The van der Waals surface area contributed by atoms with Crippen molar-refractivity contribution in [2.45, 2.75) is 51.2 Å². The lowest BCUT2D eigenvalue weighted by atomic mass is 9.82. The van der Waals surface area contributed by atoms with Crippen molar-refractivity contribution in [1.29, 1.82) is 0 Å². The van der Waals surface area contributed by atoms with E-state index in [0.717, 1.165) is 4.90 Å². The maximum absolute atomic E-state index is 13.7. The normalized spacial score (nSPS) is 19.8. The lowest BCUT2D eigenvalue weighted by Crippen LogP contribution is -2.57. The van der Waals surface area contributed by atoms with Crippen LogP contribution in [-0.4, -0.2) is 58.0 Å². The third-order valence-corrected chi connectivity index (χ3v) is 7.10. The van der Waals surface area contributed by atoms with Gasteiger partial charge in [-0.15, -0.1) is 0 Å². The summed E-state index contributed by atoms with van der Waals surface area (Å²) >= 11 is 0. The minimum atomic E-state index is -0.851. The molecule has 0 N–H and O–H groups in total. The van der Waals surface area contributed by atoms with Gasteiger partial charge in [0.1, 0.15) is 17.4 Å². The molecule has 176 valence electrons. The predicted molar refractivity (Wildman–Crippen MR) is 125 cm³/mol. The lowest BCUT2D eigenvalue weighted by molar-refractivity contribution is -0.139. The Balaban J connectivity index is 1.34. The second-order valence-corrected chi connectivity index (χ2v) is 9.88. The summed E-state index contributed by atoms with van der Waals surface area (Å²) in [5.74, 6) is -0.268. The van der Waals surface area contributed by atoms with Gasteiger partial charge in [0.2, 0.25) is 5.91 Å². The van der Waals surface area contributed by atoms with Crippen LogP contribution in [0.1, 0.15) is 70.6 Å². The molecule has 1 fully saturated rings. The Morgan fingerprint density at radius 3 is 2.06 bits per heavy atom. The molecule has 5 rings (SSSR count). The number of hydrogen-bond donors (Lipinski definition) is 0. The van der Waals surface area contributed by atoms with E-state index in [1.165, 1.54) is 0 Å². The van der Waals surface area contributed by atoms with Crippen molar-refractivity contribution < 1.29 is 23.9 Å². The van der Waals surface area contributed by atoms with Gasteiger partial charge in [-0.05, 0) is 36.6 Å². The molecular weight excluding hydrogens is 432 g/mol. The maximum Gasteiger partial charge on any atom is 0.262 e. The van der Waals surface area contributed by atoms with Crippen LogP contribution in [0.25, 0.3) is 0 Å². The first kappa shape index (κ1) is 22.3. The molecule has 0 aliphatic carbocycles. The van der Waals surface area contributed by atoms with Crippen molar-refractivity contribution in [2.75, 3.05) is 13.1 Å². The van der Waals surface area contributed by atoms with Crippen molar-refractivity contribution in [3.8, 4) is 5.75 Å². The summed E-state index contributed by atoms with van der Waals surface area (Å²) in [6.07, 6.45) is 1.73.